The number of fused-ring (bicyclic) bond motifs is 1. The third-order valence-electron chi connectivity index (χ3n) is 5.13. The van der Waals surface area contributed by atoms with Crippen molar-refractivity contribution in [3.63, 3.8) is 0 Å². The van der Waals surface area contributed by atoms with E-state index in [1.807, 2.05) is 30.3 Å². The van der Waals surface area contributed by atoms with Crippen molar-refractivity contribution in [1.82, 2.24) is 10.6 Å². The molecule has 3 amide bonds. The number of halogens is 1. The van der Waals surface area contributed by atoms with Gasteiger partial charge in [-0.2, -0.15) is 0 Å². The summed E-state index contributed by atoms with van der Waals surface area (Å²) in [6.45, 7) is 6.07. The van der Waals surface area contributed by atoms with Crippen molar-refractivity contribution >= 4 is 11.9 Å². The molecule has 0 aromatic heterocycles. The zero-order chi connectivity index (χ0) is 22.4. The van der Waals surface area contributed by atoms with Gasteiger partial charge in [0.15, 0.2) is 5.79 Å². The zero-order valence-corrected chi connectivity index (χ0v) is 17.9. The molecule has 1 aromatic carbocycles. The Morgan fingerprint density at radius 3 is 2.61 bits per heavy atom. The summed E-state index contributed by atoms with van der Waals surface area (Å²) in [5.74, 6) is -2.23. The van der Waals surface area contributed by atoms with Crippen molar-refractivity contribution in [3.8, 4) is 0 Å². The number of imide groups is 1. The maximum atomic E-state index is 15.3. The number of amides is 3. The van der Waals surface area contributed by atoms with Crippen LogP contribution in [-0.4, -0.2) is 55.4 Å². The molecular weight excluding hydrogens is 407 g/mol. The summed E-state index contributed by atoms with van der Waals surface area (Å²) < 4.78 is 37.7. The van der Waals surface area contributed by atoms with E-state index < -0.39 is 48.1 Å². The summed E-state index contributed by atoms with van der Waals surface area (Å²) in [4.78, 5) is 24.0. The lowest BCUT2D eigenvalue weighted by atomic mass is 10.1. The van der Waals surface area contributed by atoms with Crippen molar-refractivity contribution in [2.24, 2.45) is 5.92 Å². The van der Waals surface area contributed by atoms with Crippen LogP contribution in [0.25, 0.3) is 0 Å². The molecule has 8 nitrogen and oxygen atoms in total. The molecule has 170 valence electrons. The van der Waals surface area contributed by atoms with Crippen molar-refractivity contribution in [2.45, 2.75) is 57.6 Å². The van der Waals surface area contributed by atoms with E-state index in [-0.39, 0.29) is 6.61 Å². The molecule has 1 aliphatic carbocycles. The monoisotopic (exact) mass is 436 g/mol. The number of benzene rings is 1. The minimum Gasteiger partial charge on any atom is -0.501 e. The van der Waals surface area contributed by atoms with Crippen molar-refractivity contribution < 1.29 is 32.9 Å². The highest BCUT2D eigenvalue weighted by molar-refractivity contribution is 6.00. The van der Waals surface area contributed by atoms with Gasteiger partial charge < -0.3 is 24.3 Å². The third-order valence-corrected chi connectivity index (χ3v) is 5.13. The van der Waals surface area contributed by atoms with Crippen molar-refractivity contribution in [2.75, 3.05) is 13.2 Å². The molecule has 0 bridgehead atoms. The van der Waals surface area contributed by atoms with E-state index in [1.54, 1.807) is 20.8 Å². The maximum Gasteiger partial charge on any atom is 0.322 e. The van der Waals surface area contributed by atoms with Crippen LogP contribution in [0.15, 0.2) is 42.7 Å². The lowest BCUT2D eigenvalue weighted by Gasteiger charge is -2.26. The summed E-state index contributed by atoms with van der Waals surface area (Å²) in [5.41, 5.74) is 0.976. The second-order valence-corrected chi connectivity index (χ2v) is 7.92. The van der Waals surface area contributed by atoms with E-state index in [1.165, 1.54) is 6.26 Å². The molecule has 1 aromatic rings. The second-order valence-electron chi connectivity index (χ2n) is 7.92. The number of carbonyl (C=O) groups is 2. The quantitative estimate of drug-likeness (QED) is 0.480. The molecule has 5 atom stereocenters. The predicted molar refractivity (Wildman–Crippen MR) is 110 cm³/mol. The van der Waals surface area contributed by atoms with Crippen LogP contribution in [0.1, 0.15) is 26.3 Å². The Morgan fingerprint density at radius 1 is 1.19 bits per heavy atom. The predicted octanol–water partition coefficient (Wildman–Crippen LogP) is 2.44. The van der Waals surface area contributed by atoms with Gasteiger partial charge in [-0.05, 0) is 26.3 Å². The fraction of sp³-hybridized carbons (Fsp3) is 0.545. The molecule has 2 aliphatic rings. The van der Waals surface area contributed by atoms with E-state index in [4.69, 9.17) is 18.9 Å². The number of carbonyl (C=O) groups excluding carboxylic acids is 2. The maximum absolute atomic E-state index is 15.3. The molecular formula is C22H29FN2O6. The van der Waals surface area contributed by atoms with Gasteiger partial charge in [0.05, 0.1) is 38.2 Å². The highest BCUT2D eigenvalue weighted by atomic mass is 19.1. The van der Waals surface area contributed by atoms with Crippen molar-refractivity contribution in [1.29, 1.82) is 0 Å². The molecule has 1 saturated carbocycles. The van der Waals surface area contributed by atoms with E-state index in [0.717, 1.165) is 11.6 Å². The van der Waals surface area contributed by atoms with Crippen LogP contribution < -0.4 is 10.6 Å². The number of alkyl halides is 1. The van der Waals surface area contributed by atoms with Gasteiger partial charge in [0.2, 0.25) is 0 Å². The molecule has 2 N–H and O–H groups in total. The van der Waals surface area contributed by atoms with Crippen LogP contribution in [-0.2, 0) is 30.3 Å². The Bertz CT molecular complexity index is 787. The van der Waals surface area contributed by atoms with Crippen LogP contribution in [0.2, 0.25) is 0 Å². The molecule has 0 spiro atoms. The van der Waals surface area contributed by atoms with Gasteiger partial charge >= 0.3 is 6.03 Å². The van der Waals surface area contributed by atoms with Gasteiger partial charge in [0.1, 0.15) is 12.3 Å². The van der Waals surface area contributed by atoms with Gasteiger partial charge in [-0.1, -0.05) is 30.3 Å². The van der Waals surface area contributed by atoms with E-state index in [0.29, 0.717) is 13.2 Å². The number of nitrogens with one attached hydrogen (secondary N) is 2. The number of ether oxygens (including phenoxy) is 4. The van der Waals surface area contributed by atoms with Gasteiger partial charge in [-0.15, -0.1) is 0 Å². The first-order valence-electron chi connectivity index (χ1n) is 10.3. The highest BCUT2D eigenvalue weighted by Gasteiger charge is 2.59. The minimum absolute atomic E-state index is 0.104. The Morgan fingerprint density at radius 2 is 1.90 bits per heavy atom. The largest absolute Gasteiger partial charge is 0.501 e. The molecule has 3 rings (SSSR count). The molecule has 1 saturated heterocycles. The Balaban J connectivity index is 1.60. The summed E-state index contributed by atoms with van der Waals surface area (Å²) in [5, 5.41) is 4.63. The fourth-order valence-corrected chi connectivity index (χ4v) is 3.84. The molecule has 0 radical (unpaired) electrons. The molecule has 9 heteroatoms. The summed E-state index contributed by atoms with van der Waals surface area (Å²) in [7, 11) is 0. The van der Waals surface area contributed by atoms with Gasteiger partial charge in [0, 0.05) is 12.0 Å². The average Bonchev–Trinajstić information content (AvgIpc) is 3.15. The third kappa shape index (κ3) is 6.03. The number of hydrogen-bond donors (Lipinski definition) is 2. The van der Waals surface area contributed by atoms with Crippen molar-refractivity contribution in [3.05, 3.63) is 48.2 Å². The topological polar surface area (TPSA) is 95.1 Å². The second kappa shape index (κ2) is 10.2. The molecule has 1 heterocycles. The normalized spacial score (nSPS) is 29.0. The fourth-order valence-electron chi connectivity index (χ4n) is 3.84. The van der Waals surface area contributed by atoms with Gasteiger partial charge in [0.25, 0.3) is 5.91 Å². The molecule has 5 unspecified atom stereocenters. The number of hydrogen-bond acceptors (Lipinski definition) is 6. The number of rotatable bonds is 8. The smallest absolute Gasteiger partial charge is 0.322 e. The lowest BCUT2D eigenvalue weighted by molar-refractivity contribution is -0.167. The molecule has 31 heavy (non-hydrogen) atoms. The van der Waals surface area contributed by atoms with Crippen LogP contribution >= 0.6 is 0 Å². The molecule has 2 fully saturated rings. The standard InChI is InChI=1S/C22H29FN2O6/c1-4-28-11-10-16(26)24-21(27)25-18-17(23)15(19-20(18)31-22(2,3)30-19)13-29-12-14-8-6-5-7-9-14/h5-11,15,17-20H,4,12-13H2,1-3H3,(H2,24,25,26,27). The van der Waals surface area contributed by atoms with Crippen LogP contribution in [0.3, 0.4) is 0 Å². The summed E-state index contributed by atoms with van der Waals surface area (Å²) in [6, 6.07) is 7.76. The zero-order valence-electron chi connectivity index (χ0n) is 17.9. The average molecular weight is 436 g/mol. The van der Waals surface area contributed by atoms with Crippen LogP contribution in [0.4, 0.5) is 9.18 Å². The van der Waals surface area contributed by atoms with Crippen LogP contribution in [0, 0.1) is 5.92 Å². The van der Waals surface area contributed by atoms with E-state index >= 15 is 4.39 Å². The highest BCUT2D eigenvalue weighted by Crippen LogP contribution is 2.43. The summed E-state index contributed by atoms with van der Waals surface area (Å²) in [6.07, 6.45) is -0.495. The number of urea groups is 1. The molecule has 1 aliphatic heterocycles. The van der Waals surface area contributed by atoms with Gasteiger partial charge in [-0.25, -0.2) is 9.18 Å². The van der Waals surface area contributed by atoms with Crippen LogP contribution in [0.5, 0.6) is 0 Å². The first-order chi connectivity index (χ1) is 14.8. The first-order valence-corrected chi connectivity index (χ1v) is 10.3. The Hall–Kier alpha value is -2.49. The Labute approximate surface area is 181 Å². The van der Waals surface area contributed by atoms with E-state index in [2.05, 4.69) is 10.6 Å². The van der Waals surface area contributed by atoms with Gasteiger partial charge in [-0.3, -0.25) is 10.1 Å². The SMILES string of the molecule is CCOC=CC(=O)NC(=O)NC1C(F)C(COCc2ccccc2)C2OC(C)(C)OC12. The minimum atomic E-state index is -1.47. The summed E-state index contributed by atoms with van der Waals surface area (Å²) >= 11 is 0. The van der Waals surface area contributed by atoms with E-state index in [9.17, 15) is 9.59 Å². The lowest BCUT2D eigenvalue weighted by Crippen LogP contribution is -2.51. The first kappa shape index (κ1) is 23.2. The Kier molecular flexibility index (Phi) is 7.64.